The van der Waals surface area contributed by atoms with E-state index in [1.54, 1.807) is 0 Å². The van der Waals surface area contributed by atoms with Gasteiger partial charge in [0.25, 0.3) is 0 Å². The molecule has 3 heterocycles. The predicted octanol–water partition coefficient (Wildman–Crippen LogP) is 1.71. The first kappa shape index (κ1) is 17.0. The maximum Gasteiger partial charge on any atom is 0.240 e. The molecule has 0 radical (unpaired) electrons. The van der Waals surface area contributed by atoms with Crippen molar-refractivity contribution < 1.29 is 9.26 Å². The van der Waals surface area contributed by atoms with Gasteiger partial charge in [-0.25, -0.2) is 0 Å². The molecule has 3 rings (SSSR count). The van der Waals surface area contributed by atoms with Crippen molar-refractivity contribution in [3.05, 3.63) is 41.8 Å². The van der Waals surface area contributed by atoms with Crippen LogP contribution in [-0.2, 0) is 24.4 Å². The number of nitrogens with zero attached hydrogens (tertiary/aromatic N) is 5. The molecule has 2 aromatic heterocycles. The van der Waals surface area contributed by atoms with Crippen LogP contribution < -0.4 is 0 Å². The highest BCUT2D eigenvalue weighted by Crippen LogP contribution is 2.16. The van der Waals surface area contributed by atoms with Crippen LogP contribution >= 0.6 is 0 Å². The summed E-state index contributed by atoms with van der Waals surface area (Å²) in [6.45, 7) is 3.73. The Balaban J connectivity index is 1.65. The van der Waals surface area contributed by atoms with Gasteiger partial charge in [-0.15, -0.1) is 0 Å². The molecule has 0 unspecified atom stereocenters. The lowest BCUT2D eigenvalue weighted by atomic mass is 10.2. The quantitative estimate of drug-likeness (QED) is 0.729. The van der Waals surface area contributed by atoms with Crippen LogP contribution in [0.5, 0.6) is 0 Å². The first-order chi connectivity index (χ1) is 11.7. The Bertz CT molecular complexity index is 610. The minimum Gasteiger partial charge on any atom is -0.377 e. The highest BCUT2D eigenvalue weighted by atomic mass is 16.5. The lowest BCUT2D eigenvalue weighted by Gasteiger charge is -2.23. The Morgan fingerprint density at radius 3 is 2.83 bits per heavy atom. The van der Waals surface area contributed by atoms with Crippen LogP contribution in [0.1, 0.15) is 30.3 Å². The van der Waals surface area contributed by atoms with Crippen LogP contribution in [0.4, 0.5) is 0 Å². The van der Waals surface area contributed by atoms with Crippen molar-refractivity contribution in [3.63, 3.8) is 0 Å². The van der Waals surface area contributed by atoms with Crippen molar-refractivity contribution in [2.45, 2.75) is 38.6 Å². The minimum atomic E-state index is 0.276. The molecular formula is C17H25N5O2. The highest BCUT2D eigenvalue weighted by Gasteiger charge is 2.21. The van der Waals surface area contributed by atoms with Gasteiger partial charge in [0.15, 0.2) is 5.82 Å². The van der Waals surface area contributed by atoms with Crippen LogP contribution in [0.15, 0.2) is 28.9 Å². The Kier molecular flexibility index (Phi) is 5.90. The van der Waals surface area contributed by atoms with Gasteiger partial charge < -0.3 is 14.2 Å². The lowest BCUT2D eigenvalue weighted by molar-refractivity contribution is 0.0636. The molecule has 7 heteroatoms. The second kappa shape index (κ2) is 8.32. The Hall–Kier alpha value is -1.83. The topological polar surface area (TPSA) is 67.5 Å². The third-order valence-electron chi connectivity index (χ3n) is 3.92. The number of hydrogen-bond donors (Lipinski definition) is 0. The number of ether oxygens (including phenoxy) is 1. The molecule has 1 aliphatic heterocycles. The van der Waals surface area contributed by atoms with Crippen LogP contribution in [0.25, 0.3) is 0 Å². The second-order valence-electron chi connectivity index (χ2n) is 6.47. The first-order valence-electron chi connectivity index (χ1n) is 8.39. The monoisotopic (exact) mass is 331 g/mol. The zero-order chi connectivity index (χ0) is 16.8. The summed E-state index contributed by atoms with van der Waals surface area (Å²) in [4.78, 5) is 13.2. The number of pyridine rings is 1. The summed E-state index contributed by atoms with van der Waals surface area (Å²) in [5, 5.41) is 4.05. The third-order valence-corrected chi connectivity index (χ3v) is 3.92. The summed E-state index contributed by atoms with van der Waals surface area (Å²) < 4.78 is 11.2. The zero-order valence-electron chi connectivity index (χ0n) is 14.4. The minimum absolute atomic E-state index is 0.276. The summed E-state index contributed by atoms with van der Waals surface area (Å²) in [7, 11) is 3.97. The van der Waals surface area contributed by atoms with Gasteiger partial charge in [-0.1, -0.05) is 11.2 Å². The molecule has 130 valence electrons. The summed E-state index contributed by atoms with van der Waals surface area (Å²) in [6, 6.07) is 5.97. The molecule has 1 aliphatic rings. The number of hydrogen-bond acceptors (Lipinski definition) is 7. The smallest absolute Gasteiger partial charge is 0.240 e. The van der Waals surface area contributed by atoms with Crippen LogP contribution in [0.3, 0.4) is 0 Å². The summed E-state index contributed by atoms with van der Waals surface area (Å²) in [5.74, 6) is 1.35. The maximum atomic E-state index is 5.78. The average Bonchev–Trinajstić information content (AvgIpc) is 3.20. The lowest BCUT2D eigenvalue weighted by Crippen LogP contribution is -2.31. The van der Waals surface area contributed by atoms with E-state index < -0.39 is 0 Å². The molecular weight excluding hydrogens is 306 g/mol. The van der Waals surface area contributed by atoms with Crippen LogP contribution in [0, 0.1) is 0 Å². The van der Waals surface area contributed by atoms with Crippen molar-refractivity contribution in [2.75, 3.05) is 27.2 Å². The number of rotatable bonds is 8. The average molecular weight is 331 g/mol. The van der Waals surface area contributed by atoms with E-state index in [1.165, 1.54) is 0 Å². The normalized spacial score (nSPS) is 17.9. The van der Waals surface area contributed by atoms with E-state index in [0.29, 0.717) is 24.8 Å². The van der Waals surface area contributed by atoms with Crippen LogP contribution in [-0.4, -0.2) is 58.3 Å². The molecule has 0 amide bonds. The standard InChI is InChI=1S/C17H25N5O2/c1-21(2)12-16-19-17(24-20-16)13-22(11-15-7-5-9-23-15)10-14-6-3-4-8-18-14/h3-4,6,8,15H,5,7,9-13H2,1-2H3/t15-/m0/s1. The fourth-order valence-corrected chi connectivity index (χ4v) is 2.87. The predicted molar refractivity (Wildman–Crippen MR) is 89.0 cm³/mol. The first-order valence-corrected chi connectivity index (χ1v) is 8.39. The molecule has 0 spiro atoms. The molecule has 0 saturated carbocycles. The van der Waals surface area contributed by atoms with Gasteiger partial charge in [0, 0.05) is 25.9 Å². The van der Waals surface area contributed by atoms with Gasteiger partial charge in [-0.2, -0.15) is 4.98 Å². The Morgan fingerprint density at radius 2 is 2.12 bits per heavy atom. The Labute approximate surface area is 142 Å². The molecule has 0 N–H and O–H groups in total. The summed E-state index contributed by atoms with van der Waals surface area (Å²) in [5.41, 5.74) is 1.03. The van der Waals surface area contributed by atoms with Gasteiger partial charge in [-0.3, -0.25) is 9.88 Å². The Morgan fingerprint density at radius 1 is 1.21 bits per heavy atom. The maximum absolute atomic E-state index is 5.78. The third kappa shape index (κ3) is 5.09. The van der Waals surface area contributed by atoms with Crippen LogP contribution in [0.2, 0.25) is 0 Å². The van der Waals surface area contributed by atoms with Crippen molar-refractivity contribution >= 4 is 0 Å². The largest absolute Gasteiger partial charge is 0.377 e. The fraction of sp³-hybridized carbons (Fsp3) is 0.588. The summed E-state index contributed by atoms with van der Waals surface area (Å²) in [6.07, 6.45) is 4.34. The van der Waals surface area contributed by atoms with Crippen molar-refractivity contribution in [1.29, 1.82) is 0 Å². The molecule has 1 saturated heterocycles. The van der Waals surface area contributed by atoms with E-state index in [4.69, 9.17) is 9.26 Å². The van der Waals surface area contributed by atoms with E-state index in [0.717, 1.165) is 38.2 Å². The highest BCUT2D eigenvalue weighted by molar-refractivity contribution is 5.03. The SMILES string of the molecule is CN(C)Cc1noc(CN(Cc2ccccn2)C[C@@H]2CCCO2)n1. The molecule has 0 aromatic carbocycles. The molecule has 1 fully saturated rings. The van der Waals surface area contributed by atoms with E-state index in [9.17, 15) is 0 Å². The second-order valence-corrected chi connectivity index (χ2v) is 6.47. The van der Waals surface area contributed by atoms with Gasteiger partial charge in [0.2, 0.25) is 5.89 Å². The van der Waals surface area contributed by atoms with Crippen molar-refractivity contribution in [2.24, 2.45) is 0 Å². The van der Waals surface area contributed by atoms with Gasteiger partial charge in [0.05, 0.1) is 24.9 Å². The van der Waals surface area contributed by atoms with E-state index >= 15 is 0 Å². The van der Waals surface area contributed by atoms with Crippen molar-refractivity contribution in [3.8, 4) is 0 Å². The summed E-state index contributed by atoms with van der Waals surface area (Å²) >= 11 is 0. The van der Waals surface area contributed by atoms with E-state index in [1.807, 2.05) is 43.4 Å². The molecule has 1 atom stereocenters. The zero-order valence-corrected chi connectivity index (χ0v) is 14.4. The van der Waals surface area contributed by atoms with Gasteiger partial charge >= 0.3 is 0 Å². The van der Waals surface area contributed by atoms with Gasteiger partial charge in [0.1, 0.15) is 0 Å². The molecule has 24 heavy (non-hydrogen) atoms. The fourth-order valence-electron chi connectivity index (χ4n) is 2.87. The van der Waals surface area contributed by atoms with E-state index in [-0.39, 0.29) is 6.10 Å². The molecule has 7 nitrogen and oxygen atoms in total. The number of aromatic nitrogens is 3. The van der Waals surface area contributed by atoms with Gasteiger partial charge in [-0.05, 0) is 39.1 Å². The molecule has 2 aromatic rings. The molecule has 0 aliphatic carbocycles. The van der Waals surface area contributed by atoms with E-state index in [2.05, 4.69) is 20.0 Å². The van der Waals surface area contributed by atoms with Crippen molar-refractivity contribution in [1.82, 2.24) is 24.9 Å². The molecule has 0 bridgehead atoms.